The highest BCUT2D eigenvalue weighted by Gasteiger charge is 2.10. The van der Waals surface area contributed by atoms with Gasteiger partial charge in [-0.3, -0.25) is 0 Å². The lowest BCUT2D eigenvalue weighted by Gasteiger charge is -2.11. The van der Waals surface area contributed by atoms with Crippen molar-refractivity contribution in [2.24, 2.45) is 0 Å². The molecule has 76 valence electrons. The van der Waals surface area contributed by atoms with Crippen molar-refractivity contribution < 1.29 is 5.11 Å². The topological polar surface area (TPSA) is 20.2 Å². The van der Waals surface area contributed by atoms with E-state index in [1.165, 1.54) is 0 Å². The zero-order valence-electron chi connectivity index (χ0n) is 8.51. The molecular formula is C14H14O. The number of rotatable bonds is 2. The van der Waals surface area contributed by atoms with E-state index in [4.69, 9.17) is 0 Å². The Balaban J connectivity index is 2.21. The summed E-state index contributed by atoms with van der Waals surface area (Å²) in [6.07, 6.45) is 10.4. The molecule has 1 atom stereocenters. The number of aliphatic hydroxyl groups excluding tert-OH is 1. The number of aliphatic hydroxyl groups is 1. The molecule has 1 unspecified atom stereocenters. The zero-order chi connectivity index (χ0) is 10.5. The summed E-state index contributed by atoms with van der Waals surface area (Å²) in [4.78, 5) is 0. The van der Waals surface area contributed by atoms with Crippen molar-refractivity contribution in [3.63, 3.8) is 0 Å². The molecule has 1 aliphatic rings. The predicted molar refractivity (Wildman–Crippen MR) is 62.4 cm³/mol. The second kappa shape index (κ2) is 4.76. The maximum Gasteiger partial charge on any atom is 0.104 e. The summed E-state index contributed by atoms with van der Waals surface area (Å²) < 4.78 is 0. The van der Waals surface area contributed by atoms with Crippen molar-refractivity contribution in [2.45, 2.75) is 12.5 Å². The molecule has 15 heavy (non-hydrogen) atoms. The van der Waals surface area contributed by atoms with Crippen molar-refractivity contribution in [1.82, 2.24) is 0 Å². The Labute approximate surface area is 90.1 Å². The SMILES string of the molecule is OC(C1=CCC=CC=C1)c1ccccc1. The number of benzene rings is 1. The van der Waals surface area contributed by atoms with Crippen LogP contribution in [0.25, 0.3) is 0 Å². The van der Waals surface area contributed by atoms with E-state index in [9.17, 15) is 5.11 Å². The third-order valence-electron chi connectivity index (χ3n) is 2.46. The first-order valence-electron chi connectivity index (χ1n) is 5.14. The minimum Gasteiger partial charge on any atom is -0.384 e. The molecule has 0 amide bonds. The van der Waals surface area contributed by atoms with Gasteiger partial charge in [0.05, 0.1) is 0 Å². The van der Waals surface area contributed by atoms with Gasteiger partial charge in [0, 0.05) is 0 Å². The lowest BCUT2D eigenvalue weighted by atomic mass is 10.0. The van der Waals surface area contributed by atoms with Crippen molar-refractivity contribution in [3.05, 3.63) is 71.8 Å². The Morgan fingerprint density at radius 2 is 1.87 bits per heavy atom. The largest absolute Gasteiger partial charge is 0.384 e. The normalized spacial score (nSPS) is 17.0. The van der Waals surface area contributed by atoms with Crippen LogP contribution >= 0.6 is 0 Å². The standard InChI is InChI=1S/C14H14O/c15-14(13-10-6-3-7-11-13)12-8-4-1-2-5-9-12/h1-4,6-11,14-15H,5H2. The maximum absolute atomic E-state index is 10.1. The molecule has 0 saturated carbocycles. The lowest BCUT2D eigenvalue weighted by molar-refractivity contribution is 0.219. The Kier molecular flexibility index (Phi) is 3.15. The zero-order valence-corrected chi connectivity index (χ0v) is 8.51. The number of hydrogen-bond donors (Lipinski definition) is 1. The number of hydrogen-bond acceptors (Lipinski definition) is 1. The van der Waals surface area contributed by atoms with Gasteiger partial charge in [0.2, 0.25) is 0 Å². The third-order valence-corrected chi connectivity index (χ3v) is 2.46. The Morgan fingerprint density at radius 3 is 2.67 bits per heavy atom. The molecule has 2 rings (SSSR count). The molecule has 1 aromatic carbocycles. The van der Waals surface area contributed by atoms with E-state index in [2.05, 4.69) is 12.2 Å². The highest BCUT2D eigenvalue weighted by molar-refractivity contribution is 5.35. The first-order valence-corrected chi connectivity index (χ1v) is 5.14. The highest BCUT2D eigenvalue weighted by Crippen LogP contribution is 2.23. The van der Waals surface area contributed by atoms with Gasteiger partial charge in [0.25, 0.3) is 0 Å². The molecular weight excluding hydrogens is 184 g/mol. The van der Waals surface area contributed by atoms with E-state index in [0.717, 1.165) is 17.6 Å². The second-order valence-corrected chi connectivity index (χ2v) is 3.54. The van der Waals surface area contributed by atoms with Crippen molar-refractivity contribution in [2.75, 3.05) is 0 Å². The van der Waals surface area contributed by atoms with Crippen LogP contribution in [-0.4, -0.2) is 5.11 Å². The van der Waals surface area contributed by atoms with Crippen molar-refractivity contribution in [3.8, 4) is 0 Å². The van der Waals surface area contributed by atoms with E-state index in [0.29, 0.717) is 0 Å². The molecule has 0 spiro atoms. The predicted octanol–water partition coefficient (Wildman–Crippen LogP) is 3.16. The van der Waals surface area contributed by atoms with Crippen LogP contribution in [0.4, 0.5) is 0 Å². The minimum atomic E-state index is -0.512. The van der Waals surface area contributed by atoms with E-state index in [1.54, 1.807) is 0 Å². The second-order valence-electron chi connectivity index (χ2n) is 3.54. The summed E-state index contributed by atoms with van der Waals surface area (Å²) >= 11 is 0. The van der Waals surface area contributed by atoms with Gasteiger partial charge in [0.15, 0.2) is 0 Å². The van der Waals surface area contributed by atoms with Gasteiger partial charge in [-0.15, -0.1) is 0 Å². The lowest BCUT2D eigenvalue weighted by Crippen LogP contribution is -1.99. The van der Waals surface area contributed by atoms with Crippen molar-refractivity contribution >= 4 is 0 Å². The molecule has 1 N–H and O–H groups in total. The molecule has 0 radical (unpaired) electrons. The van der Waals surface area contributed by atoms with Gasteiger partial charge in [-0.1, -0.05) is 60.7 Å². The number of allylic oxidation sites excluding steroid dienone is 4. The first kappa shape index (κ1) is 9.94. The molecule has 0 aliphatic heterocycles. The van der Waals surface area contributed by atoms with Gasteiger partial charge in [-0.05, 0) is 17.6 Å². The average Bonchev–Trinajstić information content (AvgIpc) is 2.58. The highest BCUT2D eigenvalue weighted by atomic mass is 16.3. The van der Waals surface area contributed by atoms with Crippen LogP contribution in [0, 0.1) is 0 Å². The molecule has 1 nitrogen and oxygen atoms in total. The Morgan fingerprint density at radius 1 is 1.07 bits per heavy atom. The molecule has 0 fully saturated rings. The van der Waals surface area contributed by atoms with Crippen LogP contribution in [0.2, 0.25) is 0 Å². The van der Waals surface area contributed by atoms with Crippen LogP contribution in [-0.2, 0) is 0 Å². The molecule has 0 saturated heterocycles. The van der Waals surface area contributed by atoms with E-state index in [-0.39, 0.29) is 0 Å². The van der Waals surface area contributed by atoms with Crippen LogP contribution < -0.4 is 0 Å². The molecule has 1 aromatic rings. The molecule has 0 bridgehead atoms. The van der Waals surface area contributed by atoms with Crippen LogP contribution in [0.15, 0.2) is 66.3 Å². The fourth-order valence-corrected chi connectivity index (χ4v) is 1.63. The molecule has 1 heteroatoms. The maximum atomic E-state index is 10.1. The van der Waals surface area contributed by atoms with Crippen molar-refractivity contribution in [1.29, 1.82) is 0 Å². The summed E-state index contributed by atoms with van der Waals surface area (Å²) in [7, 11) is 0. The first-order chi connectivity index (χ1) is 7.38. The minimum absolute atomic E-state index is 0.512. The fourth-order valence-electron chi connectivity index (χ4n) is 1.63. The average molecular weight is 198 g/mol. The Hall–Kier alpha value is -1.60. The summed E-state index contributed by atoms with van der Waals surface area (Å²) in [5.74, 6) is 0. The van der Waals surface area contributed by atoms with Crippen LogP contribution in [0.1, 0.15) is 18.1 Å². The molecule has 0 heterocycles. The van der Waals surface area contributed by atoms with E-state index < -0.39 is 6.10 Å². The Bertz CT molecular complexity index is 399. The summed E-state index contributed by atoms with van der Waals surface area (Å²) in [6, 6.07) is 9.72. The van der Waals surface area contributed by atoms with Gasteiger partial charge >= 0.3 is 0 Å². The van der Waals surface area contributed by atoms with Gasteiger partial charge in [-0.25, -0.2) is 0 Å². The third kappa shape index (κ3) is 2.45. The summed E-state index contributed by atoms with van der Waals surface area (Å²) in [6.45, 7) is 0. The fraction of sp³-hybridized carbons (Fsp3) is 0.143. The van der Waals surface area contributed by atoms with E-state index >= 15 is 0 Å². The van der Waals surface area contributed by atoms with Gasteiger partial charge in [0.1, 0.15) is 6.10 Å². The van der Waals surface area contributed by atoms with Crippen LogP contribution in [0.5, 0.6) is 0 Å². The van der Waals surface area contributed by atoms with Gasteiger partial charge in [-0.2, -0.15) is 0 Å². The summed E-state index contributed by atoms with van der Waals surface area (Å²) in [5, 5.41) is 10.1. The monoisotopic (exact) mass is 198 g/mol. The van der Waals surface area contributed by atoms with Gasteiger partial charge < -0.3 is 5.11 Å². The van der Waals surface area contributed by atoms with E-state index in [1.807, 2.05) is 48.6 Å². The smallest absolute Gasteiger partial charge is 0.104 e. The molecule has 1 aliphatic carbocycles. The molecule has 0 aromatic heterocycles. The quantitative estimate of drug-likeness (QED) is 0.774. The summed E-state index contributed by atoms with van der Waals surface area (Å²) in [5.41, 5.74) is 1.90. The van der Waals surface area contributed by atoms with Crippen LogP contribution in [0.3, 0.4) is 0 Å².